The van der Waals surface area contributed by atoms with Crippen LogP contribution < -0.4 is 11.1 Å². The molecular weight excluding hydrogens is 494 g/mol. The molecule has 4 aromatic rings. The lowest BCUT2D eigenvalue weighted by atomic mass is 10.1. The van der Waals surface area contributed by atoms with E-state index in [4.69, 9.17) is 10.8 Å². The Labute approximate surface area is 215 Å². The van der Waals surface area contributed by atoms with Crippen molar-refractivity contribution in [3.8, 4) is 11.3 Å². The second-order valence-corrected chi connectivity index (χ2v) is 9.43. The third-order valence-corrected chi connectivity index (χ3v) is 7.19. The third kappa shape index (κ3) is 3.85. The van der Waals surface area contributed by atoms with E-state index >= 15 is 4.39 Å². The molecular formula is C26H22F2N8O2. The maximum Gasteiger partial charge on any atom is 0.256 e. The van der Waals surface area contributed by atoms with Crippen molar-refractivity contribution in [3.05, 3.63) is 72.7 Å². The van der Waals surface area contributed by atoms with Crippen LogP contribution in [-0.4, -0.2) is 54.0 Å². The average molecular weight is 517 g/mol. The summed E-state index contributed by atoms with van der Waals surface area (Å²) in [5.74, 6) is -1.61. The Morgan fingerprint density at radius 2 is 1.92 bits per heavy atom. The van der Waals surface area contributed by atoms with Crippen LogP contribution >= 0.6 is 0 Å². The quantitative estimate of drug-likeness (QED) is 0.389. The number of nitrogens with two attached hydrogens (primary N) is 1. The number of pyridine rings is 1. The van der Waals surface area contributed by atoms with Crippen molar-refractivity contribution in [2.75, 3.05) is 17.6 Å². The number of hydrogen-bond acceptors (Lipinski definition) is 7. The molecule has 1 aliphatic heterocycles. The molecule has 2 fully saturated rings. The Balaban J connectivity index is 1.37. The van der Waals surface area contributed by atoms with Gasteiger partial charge in [-0.3, -0.25) is 9.59 Å². The van der Waals surface area contributed by atoms with Crippen molar-refractivity contribution >= 4 is 34.5 Å². The molecule has 0 spiro atoms. The highest BCUT2D eigenvalue weighted by molar-refractivity contribution is 6.04. The summed E-state index contributed by atoms with van der Waals surface area (Å²) in [6.45, 7) is 4.27. The molecule has 0 unspecified atom stereocenters. The number of aromatic nitrogens is 5. The molecule has 38 heavy (non-hydrogen) atoms. The van der Waals surface area contributed by atoms with Crippen molar-refractivity contribution in [2.24, 2.45) is 5.92 Å². The second kappa shape index (κ2) is 8.98. The highest BCUT2D eigenvalue weighted by atomic mass is 19.1. The maximum atomic E-state index is 15.5. The topological polar surface area (TPSA) is 132 Å². The summed E-state index contributed by atoms with van der Waals surface area (Å²) in [5, 5.41) is 7.56. The van der Waals surface area contributed by atoms with Crippen molar-refractivity contribution in [1.29, 1.82) is 0 Å². The first-order valence-corrected chi connectivity index (χ1v) is 12.0. The van der Waals surface area contributed by atoms with Gasteiger partial charge < -0.3 is 16.0 Å². The van der Waals surface area contributed by atoms with E-state index in [1.165, 1.54) is 30.7 Å². The monoisotopic (exact) mass is 516 g/mol. The summed E-state index contributed by atoms with van der Waals surface area (Å²) in [7, 11) is 0. The summed E-state index contributed by atoms with van der Waals surface area (Å²) >= 11 is 0. The number of anilines is 2. The standard InChI is InChI=1S/C26H22F2N8O2/c1-2-21(37)35-11-13-7-18(35)19(8-13)36-25-22(24(29)31-12-32-25)23(34-36)16-4-3-14(9-17(16)28)26(38)33-20-10-15(27)5-6-30-20/h2-6,9-10,12-13,18-19H,1,7-8,11H2,(H2,29,31,32)(H,30,33,38)/t13-,18-,19-/m1/s1. The fourth-order valence-corrected chi connectivity index (χ4v) is 5.55. The molecule has 1 saturated carbocycles. The Bertz CT molecular complexity index is 1620. The summed E-state index contributed by atoms with van der Waals surface area (Å²) < 4.78 is 30.6. The number of carbonyl (C=O) groups is 2. The molecule has 4 heterocycles. The Morgan fingerprint density at radius 1 is 1.11 bits per heavy atom. The van der Waals surface area contributed by atoms with E-state index in [2.05, 4.69) is 26.8 Å². The highest BCUT2D eigenvalue weighted by Gasteiger charge is 2.48. The number of likely N-dealkylation sites (tertiary alicyclic amines) is 1. The lowest BCUT2D eigenvalue weighted by Crippen LogP contribution is -2.42. The van der Waals surface area contributed by atoms with Crippen molar-refractivity contribution < 1.29 is 18.4 Å². The number of benzene rings is 1. The molecule has 0 radical (unpaired) electrons. The van der Waals surface area contributed by atoms with Gasteiger partial charge in [-0.2, -0.15) is 5.10 Å². The van der Waals surface area contributed by atoms with Crippen molar-refractivity contribution in [3.63, 3.8) is 0 Å². The molecule has 1 aromatic carbocycles. The number of piperidine rings is 1. The van der Waals surface area contributed by atoms with Crippen LogP contribution in [0.15, 0.2) is 55.5 Å². The van der Waals surface area contributed by atoms with E-state index in [1.54, 1.807) is 9.58 Å². The van der Waals surface area contributed by atoms with Gasteiger partial charge in [0, 0.05) is 29.9 Å². The number of amides is 2. The number of halogens is 2. The molecule has 12 heteroatoms. The van der Waals surface area contributed by atoms with E-state index in [1.807, 2.05) is 0 Å². The first-order chi connectivity index (χ1) is 18.3. The van der Waals surface area contributed by atoms with E-state index in [9.17, 15) is 14.0 Å². The van der Waals surface area contributed by atoms with E-state index in [0.717, 1.165) is 31.0 Å². The van der Waals surface area contributed by atoms with Gasteiger partial charge in [0.15, 0.2) is 5.65 Å². The van der Waals surface area contributed by atoms with Gasteiger partial charge in [-0.15, -0.1) is 0 Å². The van der Waals surface area contributed by atoms with Crippen LogP contribution in [0.25, 0.3) is 22.3 Å². The normalized spacial score (nSPS) is 20.2. The number of nitrogen functional groups attached to an aromatic ring is 1. The van der Waals surface area contributed by atoms with Gasteiger partial charge >= 0.3 is 0 Å². The summed E-state index contributed by atoms with van der Waals surface area (Å²) in [6, 6.07) is 5.87. The van der Waals surface area contributed by atoms with Gasteiger partial charge in [0.2, 0.25) is 5.91 Å². The minimum absolute atomic E-state index is 0.00369. The summed E-state index contributed by atoms with van der Waals surface area (Å²) in [6.07, 6.45) is 5.47. The maximum absolute atomic E-state index is 15.5. The number of hydrogen-bond donors (Lipinski definition) is 2. The molecule has 10 nitrogen and oxygen atoms in total. The van der Waals surface area contributed by atoms with Crippen LogP contribution in [0.1, 0.15) is 29.2 Å². The first kappa shape index (κ1) is 23.6. The zero-order chi connectivity index (χ0) is 26.6. The number of nitrogens with zero attached hydrogens (tertiary/aromatic N) is 6. The van der Waals surface area contributed by atoms with Gasteiger partial charge in [-0.05, 0) is 49.1 Å². The Hall–Kier alpha value is -4.74. The molecule has 3 N–H and O–H groups in total. The zero-order valence-corrected chi connectivity index (χ0v) is 20.0. The molecule has 2 aliphatic rings. The van der Waals surface area contributed by atoms with Crippen LogP contribution in [-0.2, 0) is 4.79 Å². The molecule has 3 aromatic heterocycles. The van der Waals surface area contributed by atoms with Crippen LogP contribution in [0.3, 0.4) is 0 Å². The van der Waals surface area contributed by atoms with E-state index < -0.39 is 17.5 Å². The number of rotatable bonds is 5. The average Bonchev–Trinajstić information content (AvgIpc) is 3.61. The van der Waals surface area contributed by atoms with Crippen LogP contribution in [0.5, 0.6) is 0 Å². The minimum Gasteiger partial charge on any atom is -0.383 e. The lowest BCUT2D eigenvalue weighted by Gasteiger charge is -2.32. The zero-order valence-electron chi connectivity index (χ0n) is 20.0. The van der Waals surface area contributed by atoms with Gasteiger partial charge in [0.25, 0.3) is 5.91 Å². The molecule has 3 atom stereocenters. The van der Waals surface area contributed by atoms with E-state index in [-0.39, 0.29) is 46.4 Å². The van der Waals surface area contributed by atoms with Crippen molar-refractivity contribution in [1.82, 2.24) is 29.6 Å². The number of carbonyl (C=O) groups excluding carboxylic acids is 2. The van der Waals surface area contributed by atoms with Gasteiger partial charge in [0.05, 0.1) is 17.5 Å². The molecule has 6 rings (SSSR count). The van der Waals surface area contributed by atoms with Gasteiger partial charge in [-0.25, -0.2) is 28.4 Å². The number of nitrogens with one attached hydrogen (secondary N) is 1. The Kier molecular flexibility index (Phi) is 5.59. The SMILES string of the molecule is C=CC(=O)N1C[C@@H]2C[C@@H]1[C@H](n1nc(-c3ccc(C(=O)Nc4cc(F)ccn4)cc3F)c3c(N)ncnc31)C2. The third-order valence-electron chi connectivity index (χ3n) is 7.19. The molecule has 2 amide bonds. The highest BCUT2D eigenvalue weighted by Crippen LogP contribution is 2.46. The molecule has 1 aliphatic carbocycles. The smallest absolute Gasteiger partial charge is 0.256 e. The largest absolute Gasteiger partial charge is 0.383 e. The van der Waals surface area contributed by atoms with Crippen LogP contribution in [0.4, 0.5) is 20.4 Å². The predicted octanol–water partition coefficient (Wildman–Crippen LogP) is 3.35. The molecule has 2 bridgehead atoms. The first-order valence-electron chi connectivity index (χ1n) is 12.0. The van der Waals surface area contributed by atoms with Crippen LogP contribution in [0.2, 0.25) is 0 Å². The Morgan fingerprint density at radius 3 is 2.66 bits per heavy atom. The fourth-order valence-electron chi connectivity index (χ4n) is 5.55. The second-order valence-electron chi connectivity index (χ2n) is 9.43. The van der Waals surface area contributed by atoms with Crippen LogP contribution in [0, 0.1) is 17.6 Å². The molecule has 1 saturated heterocycles. The van der Waals surface area contributed by atoms with Gasteiger partial charge in [0.1, 0.15) is 35.3 Å². The van der Waals surface area contributed by atoms with Crippen molar-refractivity contribution in [2.45, 2.75) is 24.9 Å². The minimum atomic E-state index is -0.712. The molecule has 192 valence electrons. The summed E-state index contributed by atoms with van der Waals surface area (Å²) in [4.78, 5) is 39.2. The van der Waals surface area contributed by atoms with E-state index in [0.29, 0.717) is 23.5 Å². The predicted molar refractivity (Wildman–Crippen MR) is 135 cm³/mol. The summed E-state index contributed by atoms with van der Waals surface area (Å²) in [5.41, 5.74) is 6.99. The van der Waals surface area contributed by atoms with Gasteiger partial charge in [-0.1, -0.05) is 6.58 Å². The number of fused-ring (bicyclic) bond motifs is 3. The lowest BCUT2D eigenvalue weighted by molar-refractivity contribution is -0.128. The fraction of sp³-hybridized carbons (Fsp3) is 0.231.